The molecule has 0 aliphatic carbocycles. The number of hydrogen-bond acceptors (Lipinski definition) is 5. The van der Waals surface area contributed by atoms with E-state index in [1.807, 2.05) is 30.3 Å². The molecule has 0 atom stereocenters. The number of hydrogen-bond donors (Lipinski definition) is 0. The van der Waals surface area contributed by atoms with Crippen LogP contribution in [0.4, 0.5) is 17.1 Å². The second-order valence-corrected chi connectivity index (χ2v) is 8.69. The molecule has 0 aliphatic heterocycles. The first-order chi connectivity index (χ1) is 17.9. The smallest absolute Gasteiger partial charge is 0.121 e. The zero-order chi connectivity index (χ0) is 24.2. The van der Waals surface area contributed by atoms with Gasteiger partial charge in [0.25, 0.3) is 0 Å². The number of anilines is 3. The molecule has 6 aromatic rings. The molecule has 0 bridgehead atoms. The average molecular weight is 481 g/mol. The first-order valence-electron chi connectivity index (χ1n) is 11.5. The maximum Gasteiger partial charge on any atom is 0.121 e. The Labute approximate surface area is 213 Å². The van der Waals surface area contributed by atoms with Crippen molar-refractivity contribution in [2.45, 2.75) is 0 Å². The monoisotopic (exact) mass is 480 g/mol. The molecule has 4 nitrogen and oxygen atoms in total. The Morgan fingerprint density at radius 2 is 1.17 bits per heavy atom. The van der Waals surface area contributed by atoms with Gasteiger partial charge in [0.15, 0.2) is 0 Å². The Kier molecular flexibility index (Phi) is 5.93. The van der Waals surface area contributed by atoms with Crippen molar-refractivity contribution < 1.29 is 0 Å². The second kappa shape index (κ2) is 9.83. The highest BCUT2D eigenvalue weighted by atomic mass is 32.1. The Morgan fingerprint density at radius 3 is 1.83 bits per heavy atom. The van der Waals surface area contributed by atoms with Crippen LogP contribution in [0, 0.1) is 11.8 Å². The lowest BCUT2D eigenvalue weighted by Crippen LogP contribution is -2.09. The van der Waals surface area contributed by atoms with E-state index in [0.29, 0.717) is 0 Å². The van der Waals surface area contributed by atoms with Gasteiger partial charge in [0.05, 0.1) is 17.3 Å². The van der Waals surface area contributed by atoms with Crippen LogP contribution in [0.25, 0.3) is 22.2 Å². The number of para-hydroxylation sites is 2. The Morgan fingerprint density at radius 1 is 0.556 bits per heavy atom. The molecule has 0 amide bonds. The van der Waals surface area contributed by atoms with E-state index in [2.05, 4.69) is 109 Å². The number of benzene rings is 4. The van der Waals surface area contributed by atoms with Gasteiger partial charge in [-0.25, -0.2) is 0 Å². The van der Waals surface area contributed by atoms with Crippen LogP contribution in [0.3, 0.4) is 0 Å². The molecular weight excluding hydrogens is 460 g/mol. The first kappa shape index (κ1) is 21.7. The van der Waals surface area contributed by atoms with Gasteiger partial charge in [-0.1, -0.05) is 66.4 Å². The summed E-state index contributed by atoms with van der Waals surface area (Å²) in [5, 5.41) is 0. The molecular formula is C31H20N4S. The van der Waals surface area contributed by atoms with Gasteiger partial charge < -0.3 is 4.90 Å². The highest BCUT2D eigenvalue weighted by Crippen LogP contribution is 2.36. The molecule has 6 rings (SSSR count). The van der Waals surface area contributed by atoms with E-state index in [-0.39, 0.29) is 0 Å². The van der Waals surface area contributed by atoms with Crippen molar-refractivity contribution >= 4 is 39.8 Å². The van der Waals surface area contributed by atoms with E-state index in [0.717, 1.165) is 50.3 Å². The molecule has 0 aliphatic rings. The summed E-state index contributed by atoms with van der Waals surface area (Å²) < 4.78 is 9.16. The highest BCUT2D eigenvalue weighted by molar-refractivity contribution is 7.00. The van der Waals surface area contributed by atoms with Crippen LogP contribution in [0.1, 0.15) is 11.1 Å². The normalized spacial score (nSPS) is 10.6. The van der Waals surface area contributed by atoms with Crippen molar-refractivity contribution in [3.05, 3.63) is 133 Å². The van der Waals surface area contributed by atoms with Crippen LogP contribution >= 0.6 is 11.7 Å². The number of pyridine rings is 1. The molecule has 0 saturated carbocycles. The van der Waals surface area contributed by atoms with E-state index < -0.39 is 0 Å². The molecule has 0 N–H and O–H groups in total. The van der Waals surface area contributed by atoms with E-state index in [9.17, 15) is 0 Å². The minimum Gasteiger partial charge on any atom is -0.311 e. The summed E-state index contributed by atoms with van der Waals surface area (Å²) in [5.41, 5.74) is 8.94. The van der Waals surface area contributed by atoms with E-state index in [4.69, 9.17) is 0 Å². The fraction of sp³-hybridized carbons (Fsp3) is 0. The van der Waals surface area contributed by atoms with E-state index >= 15 is 0 Å². The maximum atomic E-state index is 4.61. The topological polar surface area (TPSA) is 41.9 Å². The lowest BCUT2D eigenvalue weighted by Gasteiger charge is -2.25. The predicted octanol–water partition coefficient (Wildman–Crippen LogP) is 7.62. The van der Waals surface area contributed by atoms with Gasteiger partial charge in [0, 0.05) is 40.6 Å². The molecule has 0 fully saturated rings. The van der Waals surface area contributed by atoms with Crippen molar-refractivity contribution in [2.75, 3.05) is 4.90 Å². The van der Waals surface area contributed by atoms with Gasteiger partial charge in [0.1, 0.15) is 11.0 Å². The molecule has 170 valence electrons. The van der Waals surface area contributed by atoms with Crippen LogP contribution < -0.4 is 4.90 Å². The fourth-order valence-corrected chi connectivity index (χ4v) is 4.74. The molecule has 2 heterocycles. The summed E-state index contributed by atoms with van der Waals surface area (Å²) in [6.07, 6.45) is 3.49. The van der Waals surface area contributed by atoms with Crippen molar-refractivity contribution in [1.82, 2.24) is 13.7 Å². The van der Waals surface area contributed by atoms with E-state index in [1.165, 1.54) is 11.7 Å². The van der Waals surface area contributed by atoms with Crippen molar-refractivity contribution in [2.24, 2.45) is 0 Å². The molecule has 0 saturated heterocycles. The molecule has 0 unspecified atom stereocenters. The van der Waals surface area contributed by atoms with Crippen molar-refractivity contribution in [1.29, 1.82) is 0 Å². The molecule has 0 radical (unpaired) electrons. The third kappa shape index (κ3) is 4.34. The summed E-state index contributed by atoms with van der Waals surface area (Å²) >= 11 is 1.21. The average Bonchev–Trinajstić information content (AvgIpc) is 3.45. The summed E-state index contributed by atoms with van der Waals surface area (Å²) in [6.45, 7) is 0. The summed E-state index contributed by atoms with van der Waals surface area (Å²) in [6, 6.07) is 37.3. The Balaban J connectivity index is 1.37. The van der Waals surface area contributed by atoms with Crippen LogP contribution in [0.2, 0.25) is 0 Å². The Bertz CT molecular complexity index is 1630. The van der Waals surface area contributed by atoms with Crippen LogP contribution in [0.5, 0.6) is 0 Å². The lowest BCUT2D eigenvalue weighted by molar-refractivity contribution is 1.28. The summed E-state index contributed by atoms with van der Waals surface area (Å²) in [7, 11) is 0. The Hall–Kier alpha value is -4.79. The van der Waals surface area contributed by atoms with E-state index in [1.54, 1.807) is 12.4 Å². The number of fused-ring (bicyclic) bond motifs is 1. The van der Waals surface area contributed by atoms with Gasteiger partial charge >= 0.3 is 0 Å². The molecule has 0 spiro atoms. The van der Waals surface area contributed by atoms with Crippen LogP contribution in [-0.2, 0) is 0 Å². The molecule has 5 heteroatoms. The quantitative estimate of drug-likeness (QED) is 0.243. The van der Waals surface area contributed by atoms with Gasteiger partial charge in [0.2, 0.25) is 0 Å². The number of rotatable bonds is 4. The standard InChI is InChI=1S/C31H20N4S/c1-3-7-26(8-4-1)35(27-9-5-2-6-10-27)28-16-13-24(14-17-28)29-18-15-25(30-31(29)34-36-33-30)12-11-23-19-21-32-22-20-23/h1-10,13-22H. The SMILES string of the molecule is C(#Cc1ccc(-c2ccc(N(c3ccccc3)c3ccccc3)cc2)c2nsnc12)c1ccncc1. The highest BCUT2D eigenvalue weighted by Gasteiger charge is 2.14. The zero-order valence-electron chi connectivity index (χ0n) is 19.2. The lowest BCUT2D eigenvalue weighted by atomic mass is 10.0. The molecule has 4 aromatic carbocycles. The van der Waals surface area contributed by atoms with Gasteiger partial charge in [-0.3, -0.25) is 4.98 Å². The van der Waals surface area contributed by atoms with Gasteiger partial charge in [-0.05, 0) is 60.2 Å². The number of aromatic nitrogens is 3. The fourth-order valence-electron chi connectivity index (χ4n) is 4.17. The van der Waals surface area contributed by atoms with Crippen LogP contribution in [0.15, 0.2) is 122 Å². The van der Waals surface area contributed by atoms with Crippen molar-refractivity contribution in [3.63, 3.8) is 0 Å². The first-order valence-corrected chi connectivity index (χ1v) is 12.3. The number of nitrogens with zero attached hydrogens (tertiary/aromatic N) is 4. The minimum absolute atomic E-state index is 0.832. The third-order valence-corrected chi connectivity index (χ3v) is 6.43. The van der Waals surface area contributed by atoms with Gasteiger partial charge in [-0.15, -0.1) is 0 Å². The van der Waals surface area contributed by atoms with Gasteiger partial charge in [-0.2, -0.15) is 8.75 Å². The molecule has 36 heavy (non-hydrogen) atoms. The second-order valence-electron chi connectivity index (χ2n) is 8.16. The molecule has 2 aromatic heterocycles. The third-order valence-electron chi connectivity index (χ3n) is 5.90. The minimum atomic E-state index is 0.832. The van der Waals surface area contributed by atoms with Crippen LogP contribution in [-0.4, -0.2) is 13.7 Å². The van der Waals surface area contributed by atoms with Crippen molar-refractivity contribution in [3.8, 4) is 23.0 Å². The predicted molar refractivity (Wildman–Crippen MR) is 148 cm³/mol. The largest absolute Gasteiger partial charge is 0.311 e. The maximum absolute atomic E-state index is 4.61. The zero-order valence-corrected chi connectivity index (χ0v) is 20.1. The summed E-state index contributed by atoms with van der Waals surface area (Å²) in [4.78, 5) is 6.30. The summed E-state index contributed by atoms with van der Waals surface area (Å²) in [5.74, 6) is 6.44.